The maximum atomic E-state index is 13.4. The standard InChI is InChI=1S/C9H11Cl2FN2/c1-2-14(4-3-10)9-8(12)5-7(11)6-13-9/h5-6H,2-4H2,1H3. The molecule has 0 radical (unpaired) electrons. The van der Waals surface area contributed by atoms with Crippen LogP contribution in [0, 0.1) is 5.82 Å². The van der Waals surface area contributed by atoms with Gasteiger partial charge in [0.15, 0.2) is 11.6 Å². The summed E-state index contributed by atoms with van der Waals surface area (Å²) in [4.78, 5) is 5.69. The van der Waals surface area contributed by atoms with E-state index < -0.39 is 5.82 Å². The topological polar surface area (TPSA) is 16.1 Å². The maximum Gasteiger partial charge on any atom is 0.167 e. The van der Waals surface area contributed by atoms with Gasteiger partial charge in [0.25, 0.3) is 0 Å². The van der Waals surface area contributed by atoms with Crippen molar-refractivity contribution in [3.05, 3.63) is 23.1 Å². The fourth-order valence-electron chi connectivity index (χ4n) is 1.16. The molecule has 0 aromatic carbocycles. The van der Waals surface area contributed by atoms with E-state index in [1.165, 1.54) is 12.3 Å². The molecule has 0 aliphatic heterocycles. The molecule has 0 N–H and O–H groups in total. The molecule has 1 heterocycles. The lowest BCUT2D eigenvalue weighted by Gasteiger charge is -2.20. The molecular weight excluding hydrogens is 226 g/mol. The molecule has 1 aromatic rings. The molecule has 0 fully saturated rings. The molecule has 5 heteroatoms. The van der Waals surface area contributed by atoms with Gasteiger partial charge in [0.05, 0.1) is 5.02 Å². The minimum absolute atomic E-state index is 0.299. The number of pyridine rings is 1. The molecule has 0 unspecified atom stereocenters. The molecule has 0 saturated carbocycles. The van der Waals surface area contributed by atoms with E-state index in [2.05, 4.69) is 4.98 Å². The van der Waals surface area contributed by atoms with Gasteiger partial charge in [0, 0.05) is 25.2 Å². The summed E-state index contributed by atoms with van der Waals surface area (Å²) in [6.45, 7) is 3.16. The summed E-state index contributed by atoms with van der Waals surface area (Å²) in [5.41, 5.74) is 0. The summed E-state index contributed by atoms with van der Waals surface area (Å²) in [5.74, 6) is 0.333. The van der Waals surface area contributed by atoms with Crippen molar-refractivity contribution in [2.24, 2.45) is 0 Å². The first kappa shape index (κ1) is 11.5. The summed E-state index contributed by atoms with van der Waals surface area (Å²) in [5, 5.41) is 0.299. The van der Waals surface area contributed by atoms with Crippen LogP contribution >= 0.6 is 23.2 Å². The Morgan fingerprint density at radius 3 is 2.79 bits per heavy atom. The molecule has 0 amide bonds. The van der Waals surface area contributed by atoms with Gasteiger partial charge in [-0.2, -0.15) is 0 Å². The second-order valence-electron chi connectivity index (χ2n) is 2.73. The zero-order valence-electron chi connectivity index (χ0n) is 7.80. The summed E-state index contributed by atoms with van der Waals surface area (Å²) in [6.07, 6.45) is 1.43. The van der Waals surface area contributed by atoms with E-state index in [0.29, 0.717) is 29.8 Å². The van der Waals surface area contributed by atoms with Crippen LogP contribution in [-0.4, -0.2) is 24.0 Å². The molecule has 0 aliphatic rings. The van der Waals surface area contributed by atoms with E-state index in [0.717, 1.165) is 0 Å². The summed E-state index contributed by atoms with van der Waals surface area (Å²) < 4.78 is 13.4. The lowest BCUT2D eigenvalue weighted by molar-refractivity contribution is 0.612. The second-order valence-corrected chi connectivity index (χ2v) is 3.54. The largest absolute Gasteiger partial charge is 0.353 e. The van der Waals surface area contributed by atoms with E-state index in [1.54, 1.807) is 4.90 Å². The van der Waals surface area contributed by atoms with E-state index in [9.17, 15) is 4.39 Å². The van der Waals surface area contributed by atoms with Gasteiger partial charge in [-0.3, -0.25) is 0 Å². The van der Waals surface area contributed by atoms with Crippen LogP contribution in [0.15, 0.2) is 12.3 Å². The van der Waals surface area contributed by atoms with Crippen LogP contribution in [0.2, 0.25) is 5.02 Å². The lowest BCUT2D eigenvalue weighted by Crippen LogP contribution is -2.26. The highest BCUT2D eigenvalue weighted by Gasteiger charge is 2.11. The molecule has 14 heavy (non-hydrogen) atoms. The van der Waals surface area contributed by atoms with E-state index in [1.807, 2.05) is 6.92 Å². The zero-order chi connectivity index (χ0) is 10.6. The second kappa shape index (κ2) is 5.37. The average Bonchev–Trinajstić information content (AvgIpc) is 2.15. The first-order valence-electron chi connectivity index (χ1n) is 4.31. The Labute approximate surface area is 92.6 Å². The molecule has 0 aliphatic carbocycles. The highest BCUT2D eigenvalue weighted by molar-refractivity contribution is 6.30. The maximum absolute atomic E-state index is 13.4. The lowest BCUT2D eigenvalue weighted by atomic mass is 10.4. The van der Waals surface area contributed by atoms with Crippen molar-refractivity contribution < 1.29 is 4.39 Å². The molecule has 78 valence electrons. The van der Waals surface area contributed by atoms with Crippen molar-refractivity contribution in [3.8, 4) is 0 Å². The van der Waals surface area contributed by atoms with Crippen LogP contribution in [0.3, 0.4) is 0 Å². The van der Waals surface area contributed by atoms with E-state index in [-0.39, 0.29) is 0 Å². The molecule has 0 saturated heterocycles. The fraction of sp³-hybridized carbons (Fsp3) is 0.444. The van der Waals surface area contributed by atoms with E-state index >= 15 is 0 Å². The Balaban J connectivity index is 2.92. The Morgan fingerprint density at radius 1 is 1.57 bits per heavy atom. The number of anilines is 1. The average molecular weight is 237 g/mol. The van der Waals surface area contributed by atoms with Crippen LogP contribution in [0.4, 0.5) is 10.2 Å². The fourth-order valence-corrected chi connectivity index (χ4v) is 1.50. The zero-order valence-corrected chi connectivity index (χ0v) is 9.32. The van der Waals surface area contributed by atoms with E-state index in [4.69, 9.17) is 23.2 Å². The Bertz CT molecular complexity index is 307. The first-order chi connectivity index (χ1) is 6.69. The number of rotatable bonds is 4. The number of nitrogens with zero attached hydrogens (tertiary/aromatic N) is 2. The highest BCUT2D eigenvalue weighted by atomic mass is 35.5. The SMILES string of the molecule is CCN(CCCl)c1ncc(Cl)cc1F. The van der Waals surface area contributed by atoms with Gasteiger partial charge in [0.1, 0.15) is 0 Å². The number of aromatic nitrogens is 1. The molecule has 0 spiro atoms. The van der Waals surface area contributed by atoms with Gasteiger partial charge in [-0.15, -0.1) is 11.6 Å². The smallest absolute Gasteiger partial charge is 0.167 e. The van der Waals surface area contributed by atoms with Crippen molar-refractivity contribution >= 4 is 29.0 Å². The van der Waals surface area contributed by atoms with Crippen molar-refractivity contribution in [3.63, 3.8) is 0 Å². The quantitative estimate of drug-likeness (QED) is 0.748. The molecule has 2 nitrogen and oxygen atoms in total. The van der Waals surface area contributed by atoms with Crippen LogP contribution in [0.1, 0.15) is 6.92 Å². The highest BCUT2D eigenvalue weighted by Crippen LogP contribution is 2.19. The van der Waals surface area contributed by atoms with Gasteiger partial charge in [-0.25, -0.2) is 9.37 Å². The Morgan fingerprint density at radius 2 is 2.29 bits per heavy atom. The molecular formula is C9H11Cl2FN2. The minimum atomic E-state index is -0.413. The van der Waals surface area contributed by atoms with Gasteiger partial charge >= 0.3 is 0 Å². The molecule has 0 atom stereocenters. The van der Waals surface area contributed by atoms with Gasteiger partial charge < -0.3 is 4.90 Å². The van der Waals surface area contributed by atoms with Crippen LogP contribution in [0.25, 0.3) is 0 Å². The third-order valence-electron chi connectivity index (χ3n) is 1.82. The number of alkyl halides is 1. The van der Waals surface area contributed by atoms with Crippen molar-refractivity contribution in [1.29, 1.82) is 0 Å². The van der Waals surface area contributed by atoms with Gasteiger partial charge in [-0.05, 0) is 13.0 Å². The summed E-state index contributed by atoms with van der Waals surface area (Å²) in [6, 6.07) is 1.25. The molecule has 1 rings (SSSR count). The van der Waals surface area contributed by atoms with Crippen LogP contribution < -0.4 is 4.90 Å². The normalized spacial score (nSPS) is 10.3. The number of hydrogen-bond acceptors (Lipinski definition) is 2. The van der Waals surface area contributed by atoms with Gasteiger partial charge in [-0.1, -0.05) is 11.6 Å². The van der Waals surface area contributed by atoms with Crippen LogP contribution in [0.5, 0.6) is 0 Å². The third-order valence-corrected chi connectivity index (χ3v) is 2.20. The Hall–Kier alpha value is -0.540. The number of halogens is 3. The van der Waals surface area contributed by atoms with Gasteiger partial charge in [0.2, 0.25) is 0 Å². The van der Waals surface area contributed by atoms with Crippen molar-refractivity contribution in [1.82, 2.24) is 4.98 Å². The summed E-state index contributed by atoms with van der Waals surface area (Å²) >= 11 is 11.2. The monoisotopic (exact) mass is 236 g/mol. The number of hydrogen-bond donors (Lipinski definition) is 0. The molecule has 1 aromatic heterocycles. The third kappa shape index (κ3) is 2.72. The summed E-state index contributed by atoms with van der Waals surface area (Å²) in [7, 11) is 0. The van der Waals surface area contributed by atoms with Crippen molar-refractivity contribution in [2.75, 3.05) is 23.9 Å². The predicted octanol–water partition coefficient (Wildman–Crippen LogP) is 2.94. The predicted molar refractivity (Wildman–Crippen MR) is 57.8 cm³/mol. The van der Waals surface area contributed by atoms with Crippen molar-refractivity contribution in [2.45, 2.75) is 6.92 Å². The van der Waals surface area contributed by atoms with Crippen LogP contribution in [-0.2, 0) is 0 Å². The Kier molecular flexibility index (Phi) is 4.42. The minimum Gasteiger partial charge on any atom is -0.353 e. The first-order valence-corrected chi connectivity index (χ1v) is 5.22. The molecule has 0 bridgehead atoms.